The Labute approximate surface area is 124 Å². The second-order valence-corrected chi connectivity index (χ2v) is 5.18. The van der Waals surface area contributed by atoms with E-state index >= 15 is 0 Å². The summed E-state index contributed by atoms with van der Waals surface area (Å²) in [5.74, 6) is -0.194. The highest BCUT2D eigenvalue weighted by atomic mass is 79.9. The van der Waals surface area contributed by atoms with Crippen LogP contribution in [0.4, 0.5) is 5.69 Å². The molecule has 8 heteroatoms. The average molecular weight is 347 g/mol. The van der Waals surface area contributed by atoms with Crippen LogP contribution < -0.4 is 10.1 Å². The molecule has 0 aliphatic rings. The van der Waals surface area contributed by atoms with Crippen molar-refractivity contribution in [2.24, 2.45) is 0 Å². The predicted octanol–water partition coefficient (Wildman–Crippen LogP) is 1.89. The molecule has 0 bridgehead atoms. The highest BCUT2D eigenvalue weighted by Crippen LogP contribution is 2.26. The van der Waals surface area contributed by atoms with Crippen molar-refractivity contribution in [3.63, 3.8) is 0 Å². The Kier molecular flexibility index (Phi) is 5.46. The van der Waals surface area contributed by atoms with Crippen LogP contribution in [0.25, 0.3) is 0 Å². The number of hydrogen-bond acceptors (Lipinski definition) is 6. The fourth-order valence-corrected chi connectivity index (χ4v) is 1.88. The number of nitro benzene ring substituents is 1. The first-order valence-corrected chi connectivity index (χ1v) is 6.47. The van der Waals surface area contributed by atoms with Gasteiger partial charge in [-0.3, -0.25) is 10.1 Å². The number of halogens is 1. The molecule has 1 N–H and O–H groups in total. The number of methoxy groups -OCH3 is 1. The molecular weight excluding hydrogens is 332 g/mol. The van der Waals surface area contributed by atoms with Crippen LogP contribution in [0.3, 0.4) is 0 Å². The summed E-state index contributed by atoms with van der Waals surface area (Å²) in [4.78, 5) is 21.9. The standard InChI is InChI=1S/C12H15BrN2O5/c1-12(14-2,11(16)19-3)7-20-10-5-8(13)4-9(6-10)15(17)18/h4-6,14H,7H2,1-3H3. The van der Waals surface area contributed by atoms with Crippen molar-refractivity contribution in [1.29, 1.82) is 0 Å². The van der Waals surface area contributed by atoms with Gasteiger partial charge in [0.2, 0.25) is 0 Å². The van der Waals surface area contributed by atoms with Crippen LogP contribution in [-0.2, 0) is 9.53 Å². The Bertz CT molecular complexity index is 523. The first-order chi connectivity index (χ1) is 9.32. The van der Waals surface area contributed by atoms with Gasteiger partial charge in [0.25, 0.3) is 5.69 Å². The number of likely N-dealkylation sites (N-methyl/N-ethyl adjacent to an activating group) is 1. The van der Waals surface area contributed by atoms with Crippen LogP contribution in [-0.4, -0.2) is 37.2 Å². The SMILES string of the molecule is CNC(C)(COc1cc(Br)cc([N+](=O)[O-])c1)C(=O)OC. The molecule has 0 amide bonds. The first kappa shape index (κ1) is 16.4. The van der Waals surface area contributed by atoms with Gasteiger partial charge in [-0.05, 0) is 20.0 Å². The number of nitrogens with one attached hydrogen (secondary N) is 1. The minimum absolute atomic E-state index is 0.0240. The van der Waals surface area contributed by atoms with Crippen LogP contribution in [0.15, 0.2) is 22.7 Å². The number of benzene rings is 1. The lowest BCUT2D eigenvalue weighted by atomic mass is 10.1. The maximum Gasteiger partial charge on any atom is 0.329 e. The van der Waals surface area contributed by atoms with E-state index in [4.69, 9.17) is 4.74 Å². The van der Waals surface area contributed by atoms with E-state index in [0.29, 0.717) is 4.47 Å². The molecule has 0 aliphatic carbocycles. The van der Waals surface area contributed by atoms with E-state index in [1.807, 2.05) is 0 Å². The number of rotatable bonds is 6. The van der Waals surface area contributed by atoms with Crippen LogP contribution in [0, 0.1) is 10.1 Å². The van der Waals surface area contributed by atoms with Crippen molar-refractivity contribution < 1.29 is 19.2 Å². The number of nitrogens with zero attached hydrogens (tertiary/aromatic N) is 1. The van der Waals surface area contributed by atoms with Gasteiger partial charge < -0.3 is 14.8 Å². The van der Waals surface area contributed by atoms with Crippen LogP contribution in [0.2, 0.25) is 0 Å². The Morgan fingerprint density at radius 2 is 2.15 bits per heavy atom. The van der Waals surface area contributed by atoms with E-state index in [-0.39, 0.29) is 18.0 Å². The van der Waals surface area contributed by atoms with Gasteiger partial charge >= 0.3 is 5.97 Å². The van der Waals surface area contributed by atoms with Crippen LogP contribution in [0.1, 0.15) is 6.92 Å². The predicted molar refractivity (Wildman–Crippen MR) is 75.8 cm³/mol. The molecule has 0 aromatic heterocycles. The summed E-state index contributed by atoms with van der Waals surface area (Å²) in [6.07, 6.45) is 0. The van der Waals surface area contributed by atoms with Gasteiger partial charge in [0.05, 0.1) is 18.1 Å². The molecule has 1 rings (SSSR count). The van der Waals surface area contributed by atoms with Gasteiger partial charge in [-0.25, -0.2) is 4.79 Å². The molecule has 0 spiro atoms. The van der Waals surface area contributed by atoms with E-state index in [0.717, 1.165) is 0 Å². The zero-order chi connectivity index (χ0) is 15.3. The maximum absolute atomic E-state index is 11.6. The van der Waals surface area contributed by atoms with E-state index in [2.05, 4.69) is 26.0 Å². The zero-order valence-corrected chi connectivity index (χ0v) is 12.9. The Morgan fingerprint density at radius 1 is 1.50 bits per heavy atom. The molecular formula is C12H15BrN2O5. The first-order valence-electron chi connectivity index (χ1n) is 5.67. The lowest BCUT2D eigenvalue weighted by Gasteiger charge is -2.25. The Balaban J connectivity index is 2.89. The molecule has 110 valence electrons. The number of carbonyl (C=O) groups is 1. The molecule has 1 aromatic carbocycles. The molecule has 0 saturated heterocycles. The van der Waals surface area contributed by atoms with Crippen molar-refractivity contribution in [3.8, 4) is 5.75 Å². The summed E-state index contributed by atoms with van der Waals surface area (Å²) < 4.78 is 10.7. The zero-order valence-electron chi connectivity index (χ0n) is 11.3. The third-order valence-electron chi connectivity index (χ3n) is 2.78. The monoisotopic (exact) mass is 346 g/mol. The molecule has 0 heterocycles. The topological polar surface area (TPSA) is 90.7 Å². The number of non-ortho nitro benzene ring substituents is 1. The van der Waals surface area contributed by atoms with Gasteiger partial charge in [0.15, 0.2) is 0 Å². The van der Waals surface area contributed by atoms with Gasteiger partial charge in [-0.2, -0.15) is 0 Å². The van der Waals surface area contributed by atoms with Crippen molar-refractivity contribution in [2.45, 2.75) is 12.5 Å². The summed E-state index contributed by atoms with van der Waals surface area (Å²) in [6, 6.07) is 4.24. The van der Waals surface area contributed by atoms with E-state index in [9.17, 15) is 14.9 Å². The lowest BCUT2D eigenvalue weighted by molar-refractivity contribution is -0.385. The summed E-state index contributed by atoms with van der Waals surface area (Å²) >= 11 is 3.17. The number of nitro groups is 1. The van der Waals surface area contributed by atoms with Gasteiger partial charge in [-0.15, -0.1) is 0 Å². The molecule has 1 aromatic rings. The molecule has 0 fully saturated rings. The van der Waals surface area contributed by atoms with E-state index in [1.54, 1.807) is 20.0 Å². The molecule has 0 saturated carbocycles. The number of carbonyl (C=O) groups excluding carboxylic acids is 1. The summed E-state index contributed by atoms with van der Waals surface area (Å²) in [5.41, 5.74) is -1.13. The fraction of sp³-hybridized carbons (Fsp3) is 0.417. The van der Waals surface area contributed by atoms with Crippen LogP contribution >= 0.6 is 15.9 Å². The third-order valence-corrected chi connectivity index (χ3v) is 3.24. The largest absolute Gasteiger partial charge is 0.491 e. The summed E-state index contributed by atoms with van der Waals surface area (Å²) in [6.45, 7) is 1.59. The van der Waals surface area contributed by atoms with Gasteiger partial charge in [0.1, 0.15) is 17.9 Å². The van der Waals surface area contributed by atoms with Gasteiger partial charge in [0, 0.05) is 10.5 Å². The summed E-state index contributed by atoms with van der Waals surface area (Å²) in [5, 5.41) is 13.6. The minimum atomic E-state index is -1.04. The van der Waals surface area contributed by atoms with E-state index < -0.39 is 16.4 Å². The van der Waals surface area contributed by atoms with E-state index in [1.165, 1.54) is 19.2 Å². The normalized spacial score (nSPS) is 13.4. The fourth-order valence-electron chi connectivity index (χ4n) is 1.42. The number of hydrogen-bond donors (Lipinski definition) is 1. The summed E-state index contributed by atoms with van der Waals surface area (Å²) in [7, 11) is 2.88. The minimum Gasteiger partial charge on any atom is -0.491 e. The molecule has 1 atom stereocenters. The maximum atomic E-state index is 11.6. The molecule has 20 heavy (non-hydrogen) atoms. The number of esters is 1. The highest BCUT2D eigenvalue weighted by molar-refractivity contribution is 9.10. The molecule has 7 nitrogen and oxygen atoms in total. The van der Waals surface area contributed by atoms with Crippen molar-refractivity contribution >= 4 is 27.6 Å². The second-order valence-electron chi connectivity index (χ2n) is 4.26. The second kappa shape index (κ2) is 6.67. The Morgan fingerprint density at radius 3 is 2.65 bits per heavy atom. The Hall–Kier alpha value is -1.67. The molecule has 0 aliphatic heterocycles. The van der Waals surface area contributed by atoms with Crippen molar-refractivity contribution in [2.75, 3.05) is 20.8 Å². The third kappa shape index (κ3) is 3.91. The van der Waals surface area contributed by atoms with Crippen molar-refractivity contribution in [3.05, 3.63) is 32.8 Å². The number of ether oxygens (including phenoxy) is 2. The van der Waals surface area contributed by atoms with Gasteiger partial charge in [-0.1, -0.05) is 15.9 Å². The smallest absolute Gasteiger partial charge is 0.329 e. The lowest BCUT2D eigenvalue weighted by Crippen LogP contribution is -2.52. The van der Waals surface area contributed by atoms with Crippen LogP contribution in [0.5, 0.6) is 5.75 Å². The average Bonchev–Trinajstić information content (AvgIpc) is 2.43. The quantitative estimate of drug-likeness (QED) is 0.480. The molecule has 0 radical (unpaired) electrons. The molecule has 1 unspecified atom stereocenters. The highest BCUT2D eigenvalue weighted by Gasteiger charge is 2.33. The van der Waals surface area contributed by atoms with Crippen molar-refractivity contribution in [1.82, 2.24) is 5.32 Å².